The minimum absolute atomic E-state index is 0.486. The van der Waals surface area contributed by atoms with Gasteiger partial charge in [-0.1, -0.05) is 5.16 Å². The molecule has 1 saturated heterocycles. The molecule has 1 rings (SSSR count). The van der Waals surface area contributed by atoms with Crippen molar-refractivity contribution in [2.75, 3.05) is 13.2 Å². The van der Waals surface area contributed by atoms with Gasteiger partial charge in [0.2, 0.25) is 0 Å². The highest BCUT2D eigenvalue weighted by Gasteiger charge is 2.05. The summed E-state index contributed by atoms with van der Waals surface area (Å²) in [5, 5.41) is 17.5. The van der Waals surface area contributed by atoms with E-state index in [4.69, 9.17) is 5.21 Å². The zero-order chi connectivity index (χ0) is 5.11. The van der Waals surface area contributed by atoms with Crippen molar-refractivity contribution >= 4 is 5.84 Å². The van der Waals surface area contributed by atoms with Crippen molar-refractivity contribution < 1.29 is 5.21 Å². The van der Waals surface area contributed by atoms with Gasteiger partial charge in [-0.2, -0.15) is 0 Å². The van der Waals surface area contributed by atoms with Crippen molar-refractivity contribution in [2.24, 2.45) is 5.16 Å². The zero-order valence-corrected chi connectivity index (χ0v) is 3.76. The largest absolute Gasteiger partial charge is 0.409 e. The average molecular weight is 100 g/mol. The zero-order valence-electron chi connectivity index (χ0n) is 3.76. The second-order valence-corrected chi connectivity index (χ2v) is 1.26. The third kappa shape index (κ3) is 0.806. The molecule has 1 fully saturated rings. The van der Waals surface area contributed by atoms with Crippen LogP contribution in [0.1, 0.15) is 0 Å². The van der Waals surface area contributed by atoms with Gasteiger partial charge >= 0.3 is 0 Å². The number of nitrogens with one attached hydrogen (secondary N) is 1. The maximum atomic E-state index is 8.02. The lowest BCUT2D eigenvalue weighted by atomic mass is 10.6. The molecule has 1 radical (unpaired) electrons. The molecule has 1 aliphatic heterocycles. The predicted molar refractivity (Wildman–Crippen MR) is 24.2 cm³/mol. The van der Waals surface area contributed by atoms with Crippen LogP contribution in [0.4, 0.5) is 0 Å². The Kier molecular flexibility index (Phi) is 1.12. The van der Waals surface area contributed by atoms with Gasteiger partial charge < -0.3 is 5.21 Å². The lowest BCUT2D eigenvalue weighted by molar-refractivity contribution is 0.317. The highest BCUT2D eigenvalue weighted by atomic mass is 16.4. The van der Waals surface area contributed by atoms with E-state index in [9.17, 15) is 0 Å². The van der Waals surface area contributed by atoms with Crippen LogP contribution in [0.15, 0.2) is 5.16 Å². The molecule has 1 heterocycles. The Hall–Kier alpha value is -0.770. The fourth-order valence-corrected chi connectivity index (χ4v) is 0.438. The molecule has 0 spiro atoms. The minimum Gasteiger partial charge on any atom is -0.409 e. The second-order valence-electron chi connectivity index (χ2n) is 1.26. The van der Waals surface area contributed by atoms with Crippen molar-refractivity contribution in [3.05, 3.63) is 0 Å². The summed E-state index contributed by atoms with van der Waals surface area (Å²) in [6.45, 7) is 1.18. The number of nitrogens with zero attached hydrogens (tertiary/aromatic N) is 2. The number of amidine groups is 1. The minimum atomic E-state index is 0.486. The topological polar surface area (TPSA) is 58.7 Å². The first-order chi connectivity index (χ1) is 3.43. The molecule has 0 aliphatic carbocycles. The van der Waals surface area contributed by atoms with Crippen LogP contribution in [0, 0.1) is 0 Å². The Labute approximate surface area is 41.2 Å². The normalized spacial score (nSPS) is 25.4. The van der Waals surface area contributed by atoms with Gasteiger partial charge in [-0.3, -0.25) is 10.6 Å². The Balaban J connectivity index is 2.41. The molecular formula is C3H6N3O. The highest BCUT2D eigenvalue weighted by Crippen LogP contribution is 1.76. The van der Waals surface area contributed by atoms with Gasteiger partial charge in [0.15, 0.2) is 5.84 Å². The molecular weight excluding hydrogens is 94.1 g/mol. The first kappa shape index (κ1) is 4.39. The van der Waals surface area contributed by atoms with E-state index in [0.29, 0.717) is 19.0 Å². The van der Waals surface area contributed by atoms with Gasteiger partial charge in [0.25, 0.3) is 0 Å². The van der Waals surface area contributed by atoms with Crippen LogP contribution in [-0.4, -0.2) is 24.3 Å². The van der Waals surface area contributed by atoms with E-state index in [1.165, 1.54) is 0 Å². The summed E-state index contributed by atoms with van der Waals surface area (Å²) in [5.74, 6) is 0.486. The third-order valence-electron chi connectivity index (χ3n) is 0.772. The maximum Gasteiger partial charge on any atom is 0.178 e. The lowest BCUT2D eigenvalue weighted by Gasteiger charge is -1.81. The molecule has 1 aliphatic rings. The van der Waals surface area contributed by atoms with Crippen LogP contribution in [0.2, 0.25) is 0 Å². The molecule has 0 saturated carbocycles. The van der Waals surface area contributed by atoms with Crippen LogP contribution in [0.3, 0.4) is 0 Å². The summed E-state index contributed by atoms with van der Waals surface area (Å²) in [7, 11) is 0. The van der Waals surface area contributed by atoms with Crippen LogP contribution >= 0.6 is 0 Å². The fraction of sp³-hybridized carbons (Fsp3) is 0.667. The van der Waals surface area contributed by atoms with E-state index in [1.54, 1.807) is 0 Å². The van der Waals surface area contributed by atoms with Gasteiger partial charge in [-0.05, 0) is 0 Å². The summed E-state index contributed by atoms with van der Waals surface area (Å²) in [6.07, 6.45) is 0. The molecule has 0 amide bonds. The Morgan fingerprint density at radius 2 is 2.71 bits per heavy atom. The lowest BCUT2D eigenvalue weighted by Crippen LogP contribution is -2.08. The van der Waals surface area contributed by atoms with Gasteiger partial charge in [0, 0.05) is 0 Å². The van der Waals surface area contributed by atoms with Crippen molar-refractivity contribution in [3.8, 4) is 0 Å². The summed E-state index contributed by atoms with van der Waals surface area (Å²) in [5.41, 5.74) is 0. The van der Waals surface area contributed by atoms with Gasteiger partial charge in [-0.15, -0.1) is 0 Å². The van der Waals surface area contributed by atoms with Gasteiger partial charge in [-0.25, -0.2) is 0 Å². The summed E-state index contributed by atoms with van der Waals surface area (Å²) in [4.78, 5) is 0. The van der Waals surface area contributed by atoms with Crippen LogP contribution in [0.25, 0.3) is 0 Å². The molecule has 0 aromatic carbocycles. The standard InChI is InChI=1S/C3H6N3O/c7-6-3-1-4-2-5-3/h4,7H,1-2H2/b6-3-. The van der Waals surface area contributed by atoms with E-state index in [0.717, 1.165) is 0 Å². The molecule has 0 bridgehead atoms. The molecule has 0 aromatic heterocycles. The maximum absolute atomic E-state index is 8.02. The van der Waals surface area contributed by atoms with Crippen LogP contribution in [-0.2, 0) is 0 Å². The van der Waals surface area contributed by atoms with Crippen LogP contribution in [0.5, 0.6) is 0 Å². The summed E-state index contributed by atoms with van der Waals surface area (Å²) in [6, 6.07) is 0. The number of hydrogen-bond acceptors (Lipinski definition) is 3. The quantitative estimate of drug-likeness (QED) is 0.301. The van der Waals surface area contributed by atoms with Crippen molar-refractivity contribution in [3.63, 3.8) is 0 Å². The molecule has 4 nitrogen and oxygen atoms in total. The smallest absolute Gasteiger partial charge is 0.178 e. The highest BCUT2D eigenvalue weighted by molar-refractivity contribution is 5.84. The van der Waals surface area contributed by atoms with E-state index < -0.39 is 0 Å². The van der Waals surface area contributed by atoms with E-state index in [-0.39, 0.29) is 0 Å². The average Bonchev–Trinajstić information content (AvgIpc) is 2.14. The number of rotatable bonds is 0. The van der Waals surface area contributed by atoms with Crippen molar-refractivity contribution in [2.45, 2.75) is 0 Å². The van der Waals surface area contributed by atoms with Crippen molar-refractivity contribution in [1.29, 1.82) is 0 Å². The number of oxime groups is 1. The van der Waals surface area contributed by atoms with Gasteiger partial charge in [0.05, 0.1) is 13.2 Å². The fourth-order valence-electron chi connectivity index (χ4n) is 0.438. The van der Waals surface area contributed by atoms with E-state index >= 15 is 0 Å². The molecule has 0 atom stereocenters. The molecule has 2 N–H and O–H groups in total. The number of hydrogen-bond donors (Lipinski definition) is 2. The third-order valence-corrected chi connectivity index (χ3v) is 0.772. The Morgan fingerprint density at radius 1 is 1.86 bits per heavy atom. The van der Waals surface area contributed by atoms with Gasteiger partial charge in [0.1, 0.15) is 0 Å². The molecule has 39 valence electrons. The molecule has 0 aromatic rings. The summed E-state index contributed by atoms with van der Waals surface area (Å²) < 4.78 is 0. The SMILES string of the molecule is O/N=C1/CNC[N]1. The first-order valence-electron chi connectivity index (χ1n) is 2.02. The predicted octanol–water partition coefficient (Wildman–Crippen LogP) is -1.06. The molecule has 0 unspecified atom stereocenters. The Bertz CT molecular complexity index is 82.2. The molecule has 7 heavy (non-hydrogen) atoms. The van der Waals surface area contributed by atoms with Crippen molar-refractivity contribution in [1.82, 2.24) is 10.6 Å². The Morgan fingerprint density at radius 3 is 3.00 bits per heavy atom. The van der Waals surface area contributed by atoms with E-state index in [1.807, 2.05) is 0 Å². The van der Waals surface area contributed by atoms with E-state index in [2.05, 4.69) is 15.8 Å². The second kappa shape index (κ2) is 1.79. The monoisotopic (exact) mass is 100 g/mol. The summed E-state index contributed by atoms with van der Waals surface area (Å²) >= 11 is 0. The van der Waals surface area contributed by atoms with Crippen LogP contribution < -0.4 is 10.6 Å². The first-order valence-corrected chi connectivity index (χ1v) is 2.02. The molecule has 4 heteroatoms.